The fraction of sp³-hybridized carbons (Fsp3) is 0.923. The fourth-order valence-corrected chi connectivity index (χ4v) is 3.31. The average molecular weight is 269 g/mol. The van der Waals surface area contributed by atoms with Crippen LogP contribution in [0.4, 0.5) is 0 Å². The minimum absolute atomic E-state index is 0.160. The molecule has 0 saturated carbocycles. The van der Waals surface area contributed by atoms with Gasteiger partial charge in [0.15, 0.2) is 0 Å². The van der Waals surface area contributed by atoms with Gasteiger partial charge in [0, 0.05) is 38.8 Å². The number of amides is 1. The number of β-amino-alcohol motifs (C(OH)–C–C–N with tert-alkyl or cyclic N) is 1. The van der Waals surface area contributed by atoms with E-state index >= 15 is 0 Å². The molecule has 3 heterocycles. The summed E-state index contributed by atoms with van der Waals surface area (Å²) in [5, 5.41) is 12.6. The Morgan fingerprint density at radius 1 is 1.26 bits per heavy atom. The maximum absolute atomic E-state index is 12.3. The first kappa shape index (κ1) is 13.3. The number of rotatable bonds is 2. The third-order valence-corrected chi connectivity index (χ3v) is 4.44. The second-order valence-corrected chi connectivity index (χ2v) is 5.73. The Bertz CT molecular complexity index is 333. The molecule has 0 aromatic carbocycles. The van der Waals surface area contributed by atoms with Gasteiger partial charge in [0.25, 0.3) is 0 Å². The monoisotopic (exact) mass is 269 g/mol. The Morgan fingerprint density at radius 3 is 2.74 bits per heavy atom. The summed E-state index contributed by atoms with van der Waals surface area (Å²) in [7, 11) is 0. The summed E-state index contributed by atoms with van der Waals surface area (Å²) in [6, 6.07) is 0.303. The molecule has 3 unspecified atom stereocenters. The molecule has 0 bridgehead atoms. The summed E-state index contributed by atoms with van der Waals surface area (Å²) in [5.74, 6) is 0.160. The zero-order chi connectivity index (χ0) is 13.2. The molecule has 3 saturated heterocycles. The average Bonchev–Trinajstić information content (AvgIpc) is 3.08. The Labute approximate surface area is 113 Å². The van der Waals surface area contributed by atoms with Gasteiger partial charge >= 0.3 is 0 Å². The lowest BCUT2D eigenvalue weighted by Gasteiger charge is -2.32. The molecule has 108 valence electrons. The normalized spacial score (nSPS) is 36.9. The van der Waals surface area contributed by atoms with Gasteiger partial charge < -0.3 is 20.1 Å². The van der Waals surface area contributed by atoms with Crippen molar-refractivity contribution >= 4 is 5.91 Å². The largest absolute Gasteiger partial charge is 0.392 e. The standard InChI is InChI=1S/C13H23N3O3/c17-11-7-12(14-8-11)13(18)16-2-1-10(9-16)15-3-5-19-6-4-15/h10-12,14,17H,1-9H2. The molecule has 2 N–H and O–H groups in total. The van der Waals surface area contributed by atoms with Crippen molar-refractivity contribution in [2.75, 3.05) is 45.9 Å². The molecule has 0 radical (unpaired) electrons. The van der Waals surface area contributed by atoms with E-state index in [0.29, 0.717) is 19.0 Å². The number of aliphatic hydroxyl groups excluding tert-OH is 1. The first-order valence-electron chi connectivity index (χ1n) is 7.26. The summed E-state index contributed by atoms with van der Waals surface area (Å²) in [5.41, 5.74) is 0. The van der Waals surface area contributed by atoms with Crippen LogP contribution in [0.2, 0.25) is 0 Å². The zero-order valence-corrected chi connectivity index (χ0v) is 11.3. The molecule has 1 amide bonds. The van der Waals surface area contributed by atoms with Crippen LogP contribution >= 0.6 is 0 Å². The van der Waals surface area contributed by atoms with Crippen molar-refractivity contribution in [1.82, 2.24) is 15.1 Å². The molecule has 0 aliphatic carbocycles. The highest BCUT2D eigenvalue weighted by Crippen LogP contribution is 2.19. The molecule has 3 aliphatic heterocycles. The lowest BCUT2D eigenvalue weighted by Crippen LogP contribution is -2.47. The third-order valence-electron chi connectivity index (χ3n) is 4.44. The van der Waals surface area contributed by atoms with Crippen LogP contribution in [-0.4, -0.2) is 84.9 Å². The number of ether oxygens (including phenoxy) is 1. The summed E-state index contributed by atoms with van der Waals surface area (Å²) in [4.78, 5) is 16.7. The van der Waals surface area contributed by atoms with E-state index in [2.05, 4.69) is 10.2 Å². The molecular weight excluding hydrogens is 246 g/mol. The van der Waals surface area contributed by atoms with E-state index < -0.39 is 0 Å². The highest BCUT2D eigenvalue weighted by atomic mass is 16.5. The van der Waals surface area contributed by atoms with Crippen LogP contribution in [0.25, 0.3) is 0 Å². The molecule has 3 atom stereocenters. The number of nitrogens with one attached hydrogen (secondary N) is 1. The van der Waals surface area contributed by atoms with Gasteiger partial charge in [-0.25, -0.2) is 0 Å². The summed E-state index contributed by atoms with van der Waals surface area (Å²) in [6.07, 6.45) is 1.24. The number of hydrogen-bond acceptors (Lipinski definition) is 5. The van der Waals surface area contributed by atoms with E-state index in [1.165, 1.54) is 0 Å². The highest BCUT2D eigenvalue weighted by molar-refractivity contribution is 5.82. The molecule has 0 aromatic heterocycles. The molecule has 0 aromatic rings. The lowest BCUT2D eigenvalue weighted by atomic mass is 10.2. The van der Waals surface area contributed by atoms with Crippen molar-refractivity contribution in [2.45, 2.75) is 31.0 Å². The van der Waals surface area contributed by atoms with Gasteiger partial charge in [0.2, 0.25) is 5.91 Å². The van der Waals surface area contributed by atoms with E-state index in [9.17, 15) is 9.90 Å². The fourth-order valence-electron chi connectivity index (χ4n) is 3.31. The molecule has 3 fully saturated rings. The van der Waals surface area contributed by atoms with Crippen molar-refractivity contribution in [3.05, 3.63) is 0 Å². The van der Waals surface area contributed by atoms with E-state index in [0.717, 1.165) is 45.8 Å². The SMILES string of the molecule is O=C(C1CC(O)CN1)N1CCC(N2CCOCC2)C1. The van der Waals surface area contributed by atoms with Gasteiger partial charge in [0.1, 0.15) is 0 Å². The minimum Gasteiger partial charge on any atom is -0.392 e. The number of nitrogens with zero attached hydrogens (tertiary/aromatic N) is 2. The van der Waals surface area contributed by atoms with Crippen LogP contribution in [0, 0.1) is 0 Å². The van der Waals surface area contributed by atoms with Crippen LogP contribution in [0.15, 0.2) is 0 Å². The number of hydrogen-bond donors (Lipinski definition) is 2. The number of carbonyl (C=O) groups is 1. The van der Waals surface area contributed by atoms with Gasteiger partial charge in [-0.15, -0.1) is 0 Å². The molecule has 6 heteroatoms. The van der Waals surface area contributed by atoms with Crippen molar-refractivity contribution in [3.8, 4) is 0 Å². The molecule has 6 nitrogen and oxygen atoms in total. The maximum Gasteiger partial charge on any atom is 0.239 e. The smallest absolute Gasteiger partial charge is 0.239 e. The van der Waals surface area contributed by atoms with Crippen LogP contribution in [0.5, 0.6) is 0 Å². The van der Waals surface area contributed by atoms with Gasteiger partial charge in [-0.1, -0.05) is 0 Å². The second kappa shape index (κ2) is 5.75. The first-order valence-corrected chi connectivity index (χ1v) is 7.26. The van der Waals surface area contributed by atoms with Gasteiger partial charge in [-0.05, 0) is 12.8 Å². The van der Waals surface area contributed by atoms with Crippen LogP contribution in [-0.2, 0) is 9.53 Å². The Balaban J connectivity index is 1.52. The predicted molar refractivity (Wildman–Crippen MR) is 69.8 cm³/mol. The number of carbonyl (C=O) groups excluding carboxylic acids is 1. The highest BCUT2D eigenvalue weighted by Gasteiger charge is 2.36. The Kier molecular flexibility index (Phi) is 4.02. The molecular formula is C13H23N3O3. The quantitative estimate of drug-likeness (QED) is 0.648. The first-order chi connectivity index (χ1) is 9.24. The van der Waals surface area contributed by atoms with E-state index in [-0.39, 0.29) is 18.1 Å². The van der Waals surface area contributed by atoms with E-state index in [1.54, 1.807) is 0 Å². The van der Waals surface area contributed by atoms with Crippen molar-refractivity contribution in [1.29, 1.82) is 0 Å². The molecule has 3 rings (SSSR count). The molecule has 0 spiro atoms. The number of morpholine rings is 1. The van der Waals surface area contributed by atoms with Crippen molar-refractivity contribution < 1.29 is 14.6 Å². The molecule has 3 aliphatic rings. The van der Waals surface area contributed by atoms with Crippen LogP contribution in [0.3, 0.4) is 0 Å². The zero-order valence-electron chi connectivity index (χ0n) is 11.3. The van der Waals surface area contributed by atoms with Crippen molar-refractivity contribution in [2.24, 2.45) is 0 Å². The van der Waals surface area contributed by atoms with Gasteiger partial charge in [0.05, 0.1) is 25.4 Å². The maximum atomic E-state index is 12.3. The summed E-state index contributed by atoms with van der Waals surface area (Å²) >= 11 is 0. The van der Waals surface area contributed by atoms with E-state index in [4.69, 9.17) is 4.74 Å². The predicted octanol–water partition coefficient (Wildman–Crippen LogP) is -1.36. The summed E-state index contributed by atoms with van der Waals surface area (Å²) < 4.78 is 5.37. The lowest BCUT2D eigenvalue weighted by molar-refractivity contribution is -0.132. The summed E-state index contributed by atoms with van der Waals surface area (Å²) in [6.45, 7) is 5.78. The number of aliphatic hydroxyl groups is 1. The topological polar surface area (TPSA) is 65.0 Å². The van der Waals surface area contributed by atoms with Crippen molar-refractivity contribution in [3.63, 3.8) is 0 Å². The minimum atomic E-state index is -0.369. The second-order valence-electron chi connectivity index (χ2n) is 5.73. The number of likely N-dealkylation sites (tertiary alicyclic amines) is 1. The Morgan fingerprint density at radius 2 is 2.05 bits per heavy atom. The van der Waals surface area contributed by atoms with Gasteiger partial charge in [-0.2, -0.15) is 0 Å². The van der Waals surface area contributed by atoms with Crippen LogP contribution < -0.4 is 5.32 Å². The third kappa shape index (κ3) is 2.91. The van der Waals surface area contributed by atoms with E-state index in [1.807, 2.05) is 4.90 Å². The van der Waals surface area contributed by atoms with Crippen LogP contribution in [0.1, 0.15) is 12.8 Å². The van der Waals surface area contributed by atoms with Gasteiger partial charge in [-0.3, -0.25) is 9.69 Å². The Hall–Kier alpha value is -0.690. The molecule has 19 heavy (non-hydrogen) atoms.